The highest BCUT2D eigenvalue weighted by Gasteiger charge is 2.24. The first-order valence-electron chi connectivity index (χ1n) is 6.22. The molecule has 1 saturated heterocycles. The Morgan fingerprint density at radius 2 is 2.22 bits per heavy atom. The third kappa shape index (κ3) is 6.65. The van der Waals surface area contributed by atoms with Crippen LogP contribution in [0.2, 0.25) is 0 Å². The molecule has 0 radical (unpaired) electrons. The van der Waals surface area contributed by atoms with Crippen LogP contribution in [-0.2, 0) is 19.3 Å². The number of rotatable bonds is 8. The van der Waals surface area contributed by atoms with E-state index in [1.165, 1.54) is 0 Å². The van der Waals surface area contributed by atoms with Crippen molar-refractivity contribution in [3.8, 4) is 0 Å². The number of aliphatic hydroxyl groups is 1. The summed E-state index contributed by atoms with van der Waals surface area (Å²) in [6, 6.07) is -0.0441. The molecule has 2 unspecified atom stereocenters. The summed E-state index contributed by atoms with van der Waals surface area (Å²) < 4.78 is 32.8. The Kier molecular flexibility index (Phi) is 7.10. The van der Waals surface area contributed by atoms with E-state index in [1.807, 2.05) is 0 Å². The quantitative estimate of drug-likeness (QED) is 0.565. The monoisotopic (exact) mass is 281 g/mol. The molecule has 1 aliphatic rings. The SMILES string of the molecule is COCCOCC(O)CNC1CCCS(=O)(=O)C1. The predicted molar refractivity (Wildman–Crippen MR) is 68.4 cm³/mol. The molecule has 1 fully saturated rings. The molecule has 0 spiro atoms. The highest BCUT2D eigenvalue weighted by atomic mass is 32.2. The fraction of sp³-hybridized carbons (Fsp3) is 1.00. The number of ether oxygens (including phenoxy) is 2. The number of aliphatic hydroxyl groups excluding tert-OH is 1. The van der Waals surface area contributed by atoms with Gasteiger partial charge in [-0.2, -0.15) is 0 Å². The van der Waals surface area contributed by atoms with Crippen LogP contribution in [0.15, 0.2) is 0 Å². The zero-order valence-electron chi connectivity index (χ0n) is 10.8. The van der Waals surface area contributed by atoms with Gasteiger partial charge in [-0.1, -0.05) is 0 Å². The fourth-order valence-electron chi connectivity index (χ4n) is 1.91. The molecule has 0 aliphatic carbocycles. The maximum atomic E-state index is 11.4. The second-order valence-corrected chi connectivity index (χ2v) is 6.81. The summed E-state index contributed by atoms with van der Waals surface area (Å²) in [4.78, 5) is 0. The average molecular weight is 281 g/mol. The molecule has 1 rings (SSSR count). The number of nitrogens with one attached hydrogen (secondary N) is 1. The summed E-state index contributed by atoms with van der Waals surface area (Å²) >= 11 is 0. The van der Waals surface area contributed by atoms with E-state index in [0.29, 0.717) is 26.2 Å². The molecule has 0 aromatic carbocycles. The smallest absolute Gasteiger partial charge is 0.151 e. The van der Waals surface area contributed by atoms with Crippen LogP contribution in [0.4, 0.5) is 0 Å². The van der Waals surface area contributed by atoms with Crippen molar-refractivity contribution in [2.45, 2.75) is 25.0 Å². The molecule has 0 aromatic rings. The van der Waals surface area contributed by atoms with Gasteiger partial charge >= 0.3 is 0 Å². The van der Waals surface area contributed by atoms with E-state index in [9.17, 15) is 13.5 Å². The third-order valence-electron chi connectivity index (χ3n) is 2.85. The molecule has 108 valence electrons. The molecular weight excluding hydrogens is 258 g/mol. The van der Waals surface area contributed by atoms with Crippen LogP contribution >= 0.6 is 0 Å². The number of hydrogen-bond donors (Lipinski definition) is 2. The van der Waals surface area contributed by atoms with Gasteiger partial charge in [0.25, 0.3) is 0 Å². The van der Waals surface area contributed by atoms with Crippen LogP contribution in [0.5, 0.6) is 0 Å². The van der Waals surface area contributed by atoms with Gasteiger partial charge in [-0.3, -0.25) is 0 Å². The van der Waals surface area contributed by atoms with E-state index in [0.717, 1.165) is 6.42 Å². The van der Waals surface area contributed by atoms with E-state index in [1.54, 1.807) is 7.11 Å². The largest absolute Gasteiger partial charge is 0.389 e. The lowest BCUT2D eigenvalue weighted by Crippen LogP contribution is -2.44. The van der Waals surface area contributed by atoms with E-state index >= 15 is 0 Å². The zero-order valence-corrected chi connectivity index (χ0v) is 11.6. The highest BCUT2D eigenvalue weighted by molar-refractivity contribution is 7.91. The molecule has 18 heavy (non-hydrogen) atoms. The first-order valence-corrected chi connectivity index (χ1v) is 8.04. The Hall–Kier alpha value is -0.210. The zero-order chi connectivity index (χ0) is 13.4. The van der Waals surface area contributed by atoms with Gasteiger partial charge < -0.3 is 19.9 Å². The Morgan fingerprint density at radius 3 is 2.89 bits per heavy atom. The lowest BCUT2D eigenvalue weighted by Gasteiger charge is -2.24. The van der Waals surface area contributed by atoms with Crippen molar-refractivity contribution in [2.75, 3.05) is 45.0 Å². The van der Waals surface area contributed by atoms with Crippen molar-refractivity contribution in [2.24, 2.45) is 0 Å². The van der Waals surface area contributed by atoms with Gasteiger partial charge in [0.1, 0.15) is 0 Å². The summed E-state index contributed by atoms with van der Waals surface area (Å²) in [5.74, 6) is 0.456. The van der Waals surface area contributed by atoms with Crippen molar-refractivity contribution in [3.05, 3.63) is 0 Å². The summed E-state index contributed by atoms with van der Waals surface area (Å²) in [7, 11) is -1.31. The topological polar surface area (TPSA) is 84.9 Å². The molecule has 2 N–H and O–H groups in total. The van der Waals surface area contributed by atoms with Crippen molar-refractivity contribution in [1.82, 2.24) is 5.32 Å². The van der Waals surface area contributed by atoms with Gasteiger partial charge in [0, 0.05) is 19.7 Å². The Bertz CT molecular complexity index is 319. The van der Waals surface area contributed by atoms with Crippen molar-refractivity contribution >= 4 is 9.84 Å². The van der Waals surface area contributed by atoms with Gasteiger partial charge in [-0.05, 0) is 12.8 Å². The molecule has 0 aromatic heterocycles. The Labute approximate surface area is 109 Å². The first kappa shape index (κ1) is 15.8. The molecule has 1 heterocycles. The van der Waals surface area contributed by atoms with Crippen LogP contribution in [-0.4, -0.2) is 70.7 Å². The molecular formula is C11H23NO5S. The summed E-state index contributed by atoms with van der Waals surface area (Å²) in [5.41, 5.74) is 0. The molecule has 0 saturated carbocycles. The van der Waals surface area contributed by atoms with Crippen LogP contribution in [0.3, 0.4) is 0 Å². The molecule has 1 aliphatic heterocycles. The van der Waals surface area contributed by atoms with Gasteiger partial charge in [-0.15, -0.1) is 0 Å². The van der Waals surface area contributed by atoms with Crippen molar-refractivity contribution in [3.63, 3.8) is 0 Å². The van der Waals surface area contributed by atoms with E-state index in [4.69, 9.17) is 9.47 Å². The lowest BCUT2D eigenvalue weighted by molar-refractivity contribution is 0.0130. The summed E-state index contributed by atoms with van der Waals surface area (Å²) in [6.07, 6.45) is 0.920. The minimum atomic E-state index is -2.90. The van der Waals surface area contributed by atoms with Gasteiger partial charge in [0.05, 0.1) is 37.4 Å². The maximum absolute atomic E-state index is 11.4. The second kappa shape index (κ2) is 8.06. The lowest BCUT2D eigenvalue weighted by atomic mass is 10.2. The molecule has 2 atom stereocenters. The fourth-order valence-corrected chi connectivity index (χ4v) is 3.58. The molecule has 0 amide bonds. The summed E-state index contributed by atoms with van der Waals surface area (Å²) in [5, 5.41) is 12.7. The van der Waals surface area contributed by atoms with Crippen LogP contribution in [0.25, 0.3) is 0 Å². The highest BCUT2D eigenvalue weighted by Crippen LogP contribution is 2.11. The van der Waals surface area contributed by atoms with E-state index in [-0.39, 0.29) is 24.2 Å². The third-order valence-corrected chi connectivity index (χ3v) is 4.67. The average Bonchev–Trinajstić information content (AvgIpc) is 2.31. The minimum absolute atomic E-state index is 0.0441. The number of methoxy groups -OCH3 is 1. The maximum Gasteiger partial charge on any atom is 0.151 e. The van der Waals surface area contributed by atoms with Crippen LogP contribution < -0.4 is 5.32 Å². The van der Waals surface area contributed by atoms with Gasteiger partial charge in [0.2, 0.25) is 0 Å². The number of sulfone groups is 1. The number of hydrogen-bond acceptors (Lipinski definition) is 6. The van der Waals surface area contributed by atoms with Crippen LogP contribution in [0.1, 0.15) is 12.8 Å². The van der Waals surface area contributed by atoms with E-state index < -0.39 is 15.9 Å². The van der Waals surface area contributed by atoms with Gasteiger partial charge in [-0.25, -0.2) is 8.42 Å². The predicted octanol–water partition coefficient (Wildman–Crippen LogP) is -0.823. The standard InChI is InChI=1S/C11H23NO5S/c1-16-4-5-17-8-11(13)7-12-10-3-2-6-18(14,15)9-10/h10-13H,2-9H2,1H3. The second-order valence-electron chi connectivity index (χ2n) is 4.58. The van der Waals surface area contributed by atoms with Crippen LogP contribution in [0, 0.1) is 0 Å². The van der Waals surface area contributed by atoms with Gasteiger partial charge in [0.15, 0.2) is 9.84 Å². The normalized spacial score (nSPS) is 24.9. The molecule has 0 bridgehead atoms. The van der Waals surface area contributed by atoms with E-state index in [2.05, 4.69) is 5.32 Å². The summed E-state index contributed by atoms with van der Waals surface area (Å²) in [6.45, 7) is 1.54. The minimum Gasteiger partial charge on any atom is -0.389 e. The Morgan fingerprint density at radius 1 is 1.44 bits per heavy atom. The molecule has 6 nitrogen and oxygen atoms in total. The Balaban J connectivity index is 2.12. The first-order chi connectivity index (χ1) is 8.53. The van der Waals surface area contributed by atoms with Crippen molar-refractivity contribution in [1.29, 1.82) is 0 Å². The molecule has 7 heteroatoms. The van der Waals surface area contributed by atoms with Crippen molar-refractivity contribution < 1.29 is 23.0 Å².